The van der Waals surface area contributed by atoms with Crippen LogP contribution in [0.2, 0.25) is 0 Å². The average Bonchev–Trinajstić information content (AvgIpc) is 2.06. The number of amides is 1. The predicted octanol–water partition coefficient (Wildman–Crippen LogP) is 1.56. The first kappa shape index (κ1) is 9.90. The van der Waals surface area contributed by atoms with Crippen molar-refractivity contribution in [3.8, 4) is 0 Å². The van der Waals surface area contributed by atoms with Crippen molar-refractivity contribution >= 4 is 18.5 Å². The van der Waals surface area contributed by atoms with Crippen molar-refractivity contribution in [1.82, 2.24) is 4.90 Å². The number of carbonyl (C=O) groups excluding carboxylic acids is 1. The summed E-state index contributed by atoms with van der Waals surface area (Å²) in [6.45, 7) is 4.15. The van der Waals surface area contributed by atoms with Crippen LogP contribution in [0.3, 0.4) is 0 Å². The van der Waals surface area contributed by atoms with E-state index in [1.807, 2.05) is 4.90 Å². The van der Waals surface area contributed by atoms with Gasteiger partial charge in [0.25, 0.3) is 0 Å². The van der Waals surface area contributed by atoms with Gasteiger partial charge in [0.05, 0.1) is 0 Å². The van der Waals surface area contributed by atoms with E-state index in [0.717, 1.165) is 31.8 Å². The van der Waals surface area contributed by atoms with Crippen LogP contribution in [0, 0.1) is 5.92 Å². The lowest BCUT2D eigenvalue weighted by Crippen LogP contribution is -2.37. The highest BCUT2D eigenvalue weighted by atomic mass is 32.1. The van der Waals surface area contributed by atoms with E-state index in [1.165, 1.54) is 0 Å². The van der Waals surface area contributed by atoms with E-state index in [2.05, 4.69) is 19.6 Å². The summed E-state index contributed by atoms with van der Waals surface area (Å²) in [6.07, 6.45) is 2.92. The van der Waals surface area contributed by atoms with Gasteiger partial charge in [0, 0.05) is 19.5 Å². The Labute approximate surface area is 79.7 Å². The van der Waals surface area contributed by atoms with Crippen LogP contribution in [0.1, 0.15) is 26.2 Å². The molecule has 0 aromatic rings. The Morgan fingerprint density at radius 2 is 2.08 bits per heavy atom. The zero-order valence-corrected chi connectivity index (χ0v) is 8.52. The molecule has 1 aliphatic heterocycles. The highest BCUT2D eigenvalue weighted by molar-refractivity contribution is 7.80. The van der Waals surface area contributed by atoms with Crippen LogP contribution in [-0.4, -0.2) is 29.6 Å². The molecule has 0 bridgehead atoms. The van der Waals surface area contributed by atoms with Crippen molar-refractivity contribution in [2.45, 2.75) is 26.2 Å². The number of hydrogen-bond donors (Lipinski definition) is 1. The summed E-state index contributed by atoms with van der Waals surface area (Å²) in [5.74, 6) is 1.74. The summed E-state index contributed by atoms with van der Waals surface area (Å²) in [4.78, 5) is 13.4. The molecule has 0 spiro atoms. The van der Waals surface area contributed by atoms with Crippen LogP contribution in [-0.2, 0) is 4.79 Å². The number of thiol groups is 1. The summed E-state index contributed by atoms with van der Waals surface area (Å²) < 4.78 is 0. The molecule has 1 fully saturated rings. The standard InChI is InChI=1S/C9H17NOS/c1-8-2-5-10(6-3-8)9(11)4-7-12/h8,12H,2-7H2,1H3. The maximum Gasteiger partial charge on any atom is 0.223 e. The molecule has 1 rings (SSSR count). The molecular weight excluding hydrogens is 170 g/mol. The number of nitrogens with zero attached hydrogens (tertiary/aromatic N) is 1. The molecule has 0 N–H and O–H groups in total. The molecule has 0 aromatic heterocycles. The molecule has 1 aliphatic rings. The molecule has 1 heterocycles. The third kappa shape index (κ3) is 2.70. The van der Waals surface area contributed by atoms with Gasteiger partial charge in [-0.05, 0) is 24.5 Å². The molecule has 0 unspecified atom stereocenters. The first-order valence-corrected chi connectivity index (χ1v) is 5.26. The number of hydrogen-bond acceptors (Lipinski definition) is 2. The van der Waals surface area contributed by atoms with Gasteiger partial charge in [0.1, 0.15) is 0 Å². The lowest BCUT2D eigenvalue weighted by molar-refractivity contribution is -0.132. The van der Waals surface area contributed by atoms with Crippen LogP contribution < -0.4 is 0 Å². The highest BCUT2D eigenvalue weighted by Crippen LogP contribution is 2.16. The van der Waals surface area contributed by atoms with Gasteiger partial charge in [0.2, 0.25) is 5.91 Å². The lowest BCUT2D eigenvalue weighted by Gasteiger charge is -2.30. The van der Waals surface area contributed by atoms with Crippen LogP contribution in [0.15, 0.2) is 0 Å². The van der Waals surface area contributed by atoms with Gasteiger partial charge in [-0.15, -0.1) is 0 Å². The Morgan fingerprint density at radius 3 is 2.58 bits per heavy atom. The summed E-state index contributed by atoms with van der Waals surface area (Å²) in [5.41, 5.74) is 0. The summed E-state index contributed by atoms with van der Waals surface area (Å²) in [7, 11) is 0. The normalized spacial score (nSPS) is 19.7. The average molecular weight is 187 g/mol. The van der Waals surface area contributed by atoms with Gasteiger partial charge in [0.15, 0.2) is 0 Å². The third-order valence-electron chi connectivity index (χ3n) is 2.46. The topological polar surface area (TPSA) is 20.3 Å². The fourth-order valence-corrected chi connectivity index (χ4v) is 1.70. The summed E-state index contributed by atoms with van der Waals surface area (Å²) >= 11 is 4.05. The summed E-state index contributed by atoms with van der Waals surface area (Å²) in [6, 6.07) is 0. The molecule has 12 heavy (non-hydrogen) atoms. The van der Waals surface area contributed by atoms with E-state index in [0.29, 0.717) is 12.2 Å². The summed E-state index contributed by atoms with van der Waals surface area (Å²) in [5, 5.41) is 0. The number of piperidine rings is 1. The van der Waals surface area contributed by atoms with Gasteiger partial charge in [-0.1, -0.05) is 6.92 Å². The van der Waals surface area contributed by atoms with Crippen LogP contribution in [0.5, 0.6) is 0 Å². The minimum Gasteiger partial charge on any atom is -0.343 e. The first-order chi connectivity index (χ1) is 5.74. The lowest BCUT2D eigenvalue weighted by atomic mass is 9.99. The van der Waals surface area contributed by atoms with E-state index >= 15 is 0 Å². The Morgan fingerprint density at radius 1 is 1.50 bits per heavy atom. The molecule has 1 amide bonds. The molecule has 0 aromatic carbocycles. The van der Waals surface area contributed by atoms with E-state index in [1.54, 1.807) is 0 Å². The van der Waals surface area contributed by atoms with E-state index in [9.17, 15) is 4.79 Å². The number of rotatable bonds is 2. The van der Waals surface area contributed by atoms with Crippen LogP contribution >= 0.6 is 12.6 Å². The van der Waals surface area contributed by atoms with Crippen molar-refractivity contribution in [2.24, 2.45) is 5.92 Å². The van der Waals surface area contributed by atoms with E-state index in [4.69, 9.17) is 0 Å². The molecule has 70 valence electrons. The van der Waals surface area contributed by atoms with E-state index in [-0.39, 0.29) is 5.91 Å². The zero-order valence-electron chi connectivity index (χ0n) is 7.62. The minimum absolute atomic E-state index is 0.275. The predicted molar refractivity (Wildman–Crippen MR) is 53.4 cm³/mol. The van der Waals surface area contributed by atoms with Crippen molar-refractivity contribution in [2.75, 3.05) is 18.8 Å². The first-order valence-electron chi connectivity index (χ1n) is 4.62. The van der Waals surface area contributed by atoms with Crippen molar-refractivity contribution in [1.29, 1.82) is 0 Å². The highest BCUT2D eigenvalue weighted by Gasteiger charge is 2.18. The van der Waals surface area contributed by atoms with Crippen LogP contribution in [0.25, 0.3) is 0 Å². The number of carbonyl (C=O) groups is 1. The molecule has 0 atom stereocenters. The fraction of sp³-hybridized carbons (Fsp3) is 0.889. The molecule has 2 nitrogen and oxygen atoms in total. The Hall–Kier alpha value is -0.180. The maximum atomic E-state index is 11.4. The molecule has 0 aliphatic carbocycles. The van der Waals surface area contributed by atoms with Crippen LogP contribution in [0.4, 0.5) is 0 Å². The molecule has 1 saturated heterocycles. The molecular formula is C9H17NOS. The van der Waals surface area contributed by atoms with Crippen molar-refractivity contribution in [3.05, 3.63) is 0 Å². The number of likely N-dealkylation sites (tertiary alicyclic amines) is 1. The van der Waals surface area contributed by atoms with Gasteiger partial charge in [-0.2, -0.15) is 12.6 Å². The van der Waals surface area contributed by atoms with Gasteiger partial charge >= 0.3 is 0 Å². The SMILES string of the molecule is CC1CCN(C(=O)CCS)CC1. The van der Waals surface area contributed by atoms with Gasteiger partial charge in [-0.3, -0.25) is 4.79 Å². The molecule has 0 saturated carbocycles. The maximum absolute atomic E-state index is 11.4. The third-order valence-corrected chi connectivity index (χ3v) is 2.69. The fourth-order valence-electron chi connectivity index (χ4n) is 1.51. The van der Waals surface area contributed by atoms with Gasteiger partial charge < -0.3 is 4.90 Å². The monoisotopic (exact) mass is 187 g/mol. The second kappa shape index (κ2) is 4.75. The Bertz CT molecular complexity index is 153. The molecule has 3 heteroatoms. The van der Waals surface area contributed by atoms with Gasteiger partial charge in [-0.25, -0.2) is 0 Å². The molecule has 0 radical (unpaired) electrons. The Balaban J connectivity index is 2.29. The second-order valence-corrected chi connectivity index (χ2v) is 3.98. The van der Waals surface area contributed by atoms with Crippen molar-refractivity contribution in [3.63, 3.8) is 0 Å². The quantitative estimate of drug-likeness (QED) is 0.651. The second-order valence-electron chi connectivity index (χ2n) is 3.54. The Kier molecular flexibility index (Phi) is 3.92. The smallest absolute Gasteiger partial charge is 0.223 e. The zero-order chi connectivity index (χ0) is 8.97. The largest absolute Gasteiger partial charge is 0.343 e. The van der Waals surface area contributed by atoms with Crippen molar-refractivity contribution < 1.29 is 4.79 Å². The van der Waals surface area contributed by atoms with E-state index < -0.39 is 0 Å². The minimum atomic E-state index is 0.275.